The van der Waals surface area contributed by atoms with Crippen LogP contribution in [0.5, 0.6) is 5.75 Å². The maximum atomic E-state index is 12.9. The summed E-state index contributed by atoms with van der Waals surface area (Å²) in [5.41, 5.74) is 4.54. The molecule has 0 radical (unpaired) electrons. The lowest BCUT2D eigenvalue weighted by Crippen LogP contribution is -2.27. The summed E-state index contributed by atoms with van der Waals surface area (Å²) in [6.07, 6.45) is 0. The third-order valence-corrected chi connectivity index (χ3v) is 4.47. The van der Waals surface area contributed by atoms with Crippen LogP contribution in [0, 0.1) is 20.8 Å². The summed E-state index contributed by atoms with van der Waals surface area (Å²) in [7, 11) is 1.65. The molecule has 152 valence electrons. The van der Waals surface area contributed by atoms with Gasteiger partial charge in [0.05, 0.1) is 11.4 Å². The first-order valence-electron chi connectivity index (χ1n) is 9.05. The molecule has 0 aliphatic carbocycles. The van der Waals surface area contributed by atoms with E-state index in [0.29, 0.717) is 12.2 Å². The quantitative estimate of drug-likeness (QED) is 0.626. The molecule has 0 saturated heterocycles. The molecular weight excluding hydrogens is 378 g/mol. The first-order valence-corrected chi connectivity index (χ1v) is 9.05. The van der Waals surface area contributed by atoms with Crippen LogP contribution in [0.15, 0.2) is 42.5 Å². The van der Waals surface area contributed by atoms with Crippen molar-refractivity contribution in [1.82, 2.24) is 19.9 Å². The minimum Gasteiger partial charge on any atom is -0.435 e. The highest BCUT2D eigenvalue weighted by molar-refractivity contribution is 5.93. The van der Waals surface area contributed by atoms with Crippen LogP contribution in [-0.2, 0) is 6.54 Å². The van der Waals surface area contributed by atoms with E-state index in [1.807, 2.05) is 32.0 Å². The van der Waals surface area contributed by atoms with Crippen LogP contribution < -0.4 is 4.74 Å². The normalized spacial score (nSPS) is 11.0. The summed E-state index contributed by atoms with van der Waals surface area (Å²) in [4.78, 5) is 15.8. The van der Waals surface area contributed by atoms with Crippen LogP contribution in [-0.4, -0.2) is 39.5 Å². The Hall–Kier alpha value is -3.29. The van der Waals surface area contributed by atoms with E-state index < -0.39 is 6.61 Å². The standard InChI is InChI=1S/C21H22F2N4O2/c1-13-5-10-18(14(2)11-13)27-24-15(3)19(25-27)20(28)26(4)12-16-6-8-17(9-7-16)29-21(22)23/h5-11,21H,12H2,1-4H3. The van der Waals surface area contributed by atoms with Crippen molar-refractivity contribution < 1.29 is 18.3 Å². The monoisotopic (exact) mass is 400 g/mol. The number of halogens is 2. The molecular formula is C21H22F2N4O2. The number of hydrogen-bond donors (Lipinski definition) is 0. The number of ether oxygens (including phenoxy) is 1. The number of aryl methyl sites for hydroxylation is 3. The zero-order valence-electron chi connectivity index (χ0n) is 16.7. The molecule has 0 N–H and O–H groups in total. The lowest BCUT2D eigenvalue weighted by molar-refractivity contribution is -0.0498. The molecule has 0 saturated carbocycles. The summed E-state index contributed by atoms with van der Waals surface area (Å²) >= 11 is 0. The van der Waals surface area contributed by atoms with Crippen LogP contribution in [0.25, 0.3) is 5.69 Å². The van der Waals surface area contributed by atoms with Gasteiger partial charge in [0.15, 0.2) is 5.69 Å². The van der Waals surface area contributed by atoms with Gasteiger partial charge in [-0.1, -0.05) is 29.8 Å². The number of benzene rings is 2. The van der Waals surface area contributed by atoms with E-state index in [1.54, 1.807) is 26.1 Å². The Morgan fingerprint density at radius 3 is 2.41 bits per heavy atom. The lowest BCUT2D eigenvalue weighted by Gasteiger charge is -2.16. The molecule has 0 aliphatic rings. The highest BCUT2D eigenvalue weighted by Gasteiger charge is 2.21. The molecule has 1 amide bonds. The van der Waals surface area contributed by atoms with Gasteiger partial charge < -0.3 is 9.64 Å². The van der Waals surface area contributed by atoms with Crippen molar-refractivity contribution in [3.05, 3.63) is 70.5 Å². The fourth-order valence-electron chi connectivity index (χ4n) is 3.02. The number of aromatic nitrogens is 3. The van der Waals surface area contributed by atoms with Gasteiger partial charge in [0.25, 0.3) is 5.91 Å². The van der Waals surface area contributed by atoms with Crippen molar-refractivity contribution >= 4 is 5.91 Å². The van der Waals surface area contributed by atoms with Crippen molar-refractivity contribution in [2.75, 3.05) is 7.05 Å². The molecule has 8 heteroatoms. The highest BCUT2D eigenvalue weighted by Crippen LogP contribution is 2.18. The van der Waals surface area contributed by atoms with Gasteiger partial charge in [-0.15, -0.1) is 5.10 Å². The Morgan fingerprint density at radius 2 is 1.79 bits per heavy atom. The maximum Gasteiger partial charge on any atom is 0.387 e. The summed E-state index contributed by atoms with van der Waals surface area (Å²) in [5.74, 6) is -0.198. The van der Waals surface area contributed by atoms with Crippen LogP contribution in [0.2, 0.25) is 0 Å². The lowest BCUT2D eigenvalue weighted by atomic mass is 10.1. The number of amides is 1. The number of carbonyl (C=O) groups excluding carboxylic acids is 1. The molecule has 1 aromatic heterocycles. The van der Waals surface area contributed by atoms with E-state index in [9.17, 15) is 13.6 Å². The summed E-state index contributed by atoms with van der Waals surface area (Å²) in [6.45, 7) is 3.15. The van der Waals surface area contributed by atoms with Crippen molar-refractivity contribution in [3.63, 3.8) is 0 Å². The number of hydrogen-bond acceptors (Lipinski definition) is 4. The molecule has 1 heterocycles. The van der Waals surface area contributed by atoms with E-state index in [1.165, 1.54) is 21.8 Å². The van der Waals surface area contributed by atoms with E-state index in [4.69, 9.17) is 0 Å². The Balaban J connectivity index is 1.75. The highest BCUT2D eigenvalue weighted by atomic mass is 19.3. The summed E-state index contributed by atoms with van der Waals surface area (Å²) < 4.78 is 28.8. The van der Waals surface area contributed by atoms with E-state index in [0.717, 1.165) is 22.4 Å². The summed E-state index contributed by atoms with van der Waals surface area (Å²) in [6, 6.07) is 12.1. The first-order chi connectivity index (χ1) is 13.7. The Morgan fingerprint density at radius 1 is 1.10 bits per heavy atom. The average Bonchev–Trinajstić information content (AvgIpc) is 3.03. The minimum absolute atomic E-state index is 0.0741. The van der Waals surface area contributed by atoms with Gasteiger partial charge in [-0.3, -0.25) is 4.79 Å². The van der Waals surface area contributed by atoms with Crippen molar-refractivity contribution in [2.24, 2.45) is 0 Å². The zero-order valence-corrected chi connectivity index (χ0v) is 16.7. The number of alkyl halides is 2. The minimum atomic E-state index is -2.87. The molecule has 6 nitrogen and oxygen atoms in total. The van der Waals surface area contributed by atoms with Crippen LogP contribution in [0.3, 0.4) is 0 Å². The fraction of sp³-hybridized carbons (Fsp3) is 0.286. The van der Waals surface area contributed by atoms with Crippen LogP contribution in [0.4, 0.5) is 8.78 Å². The third-order valence-electron chi connectivity index (χ3n) is 4.47. The van der Waals surface area contributed by atoms with Gasteiger partial charge in [-0.05, 0) is 50.1 Å². The smallest absolute Gasteiger partial charge is 0.387 e. The predicted octanol–water partition coefficient (Wildman–Crippen LogP) is 4.07. The second kappa shape index (κ2) is 8.38. The Bertz CT molecular complexity index is 1020. The molecule has 0 fully saturated rings. The maximum absolute atomic E-state index is 12.9. The van der Waals surface area contributed by atoms with Gasteiger partial charge >= 0.3 is 6.61 Å². The Labute approximate surface area is 167 Å². The van der Waals surface area contributed by atoms with Crippen LogP contribution in [0.1, 0.15) is 32.9 Å². The van der Waals surface area contributed by atoms with Gasteiger partial charge in [-0.25, -0.2) is 0 Å². The number of rotatable bonds is 6. The number of carbonyl (C=O) groups is 1. The molecule has 0 bridgehead atoms. The second-order valence-electron chi connectivity index (χ2n) is 6.90. The predicted molar refractivity (Wildman–Crippen MR) is 104 cm³/mol. The fourth-order valence-corrected chi connectivity index (χ4v) is 3.02. The SMILES string of the molecule is Cc1ccc(-n2nc(C)c(C(=O)N(C)Cc3ccc(OC(F)F)cc3)n2)c(C)c1. The third kappa shape index (κ3) is 4.77. The molecule has 0 aliphatic heterocycles. The average molecular weight is 400 g/mol. The second-order valence-corrected chi connectivity index (χ2v) is 6.90. The van der Waals surface area contributed by atoms with Gasteiger partial charge in [0.1, 0.15) is 5.75 Å². The molecule has 29 heavy (non-hydrogen) atoms. The van der Waals surface area contributed by atoms with Crippen molar-refractivity contribution in [1.29, 1.82) is 0 Å². The molecule has 2 aromatic carbocycles. The van der Waals surface area contributed by atoms with Crippen molar-refractivity contribution in [3.8, 4) is 11.4 Å². The van der Waals surface area contributed by atoms with Crippen molar-refractivity contribution in [2.45, 2.75) is 33.9 Å². The van der Waals surface area contributed by atoms with E-state index >= 15 is 0 Å². The largest absolute Gasteiger partial charge is 0.435 e. The molecule has 3 rings (SSSR count). The first kappa shape index (κ1) is 20.4. The number of nitrogens with zero attached hydrogens (tertiary/aromatic N) is 4. The summed E-state index contributed by atoms with van der Waals surface area (Å²) in [5, 5.41) is 8.78. The van der Waals surface area contributed by atoms with E-state index in [2.05, 4.69) is 14.9 Å². The Kier molecular flexibility index (Phi) is 5.91. The molecule has 3 aromatic rings. The van der Waals surface area contributed by atoms with Crippen LogP contribution >= 0.6 is 0 Å². The molecule has 0 spiro atoms. The zero-order chi connectivity index (χ0) is 21.1. The van der Waals surface area contributed by atoms with Gasteiger partial charge in [0, 0.05) is 13.6 Å². The topological polar surface area (TPSA) is 60.2 Å². The van der Waals surface area contributed by atoms with Gasteiger partial charge in [0.2, 0.25) is 0 Å². The molecule has 0 unspecified atom stereocenters. The van der Waals surface area contributed by atoms with Gasteiger partial charge in [-0.2, -0.15) is 18.7 Å². The molecule has 0 atom stereocenters. The van der Waals surface area contributed by atoms with E-state index in [-0.39, 0.29) is 17.4 Å².